The number of aryl methyl sites for hydroxylation is 1. The highest BCUT2D eigenvalue weighted by atomic mass is 35.5. The zero-order valence-electron chi connectivity index (χ0n) is 18.9. The molecule has 1 heterocycles. The molecule has 1 aliphatic heterocycles. The Kier molecular flexibility index (Phi) is 8.03. The number of nitrogens with zero attached hydrogens (tertiary/aromatic N) is 1. The number of nitrogens with one attached hydrogen (secondary N) is 1. The summed E-state index contributed by atoms with van der Waals surface area (Å²) in [5.74, 6) is -1.76. The smallest absolute Gasteiger partial charge is 0.374 e. The number of oxime groups is 1. The van der Waals surface area contributed by atoms with Gasteiger partial charge in [0, 0.05) is 27.6 Å². The largest absolute Gasteiger partial charge is 0.435 e. The molecule has 0 aliphatic carbocycles. The lowest BCUT2D eigenvalue weighted by atomic mass is 9.86. The third kappa shape index (κ3) is 5.51. The SMILES string of the molecule is Cc1cc(C2=NOC(c3cc(Cl)c(F)c(Cl)c3)(C(F)(F)F)C2)ccc1C(=O)NS(=O)c1cc(Cl)cc(Cl)c1. The van der Waals surface area contributed by atoms with E-state index in [1.165, 1.54) is 36.4 Å². The topological polar surface area (TPSA) is 67.8 Å². The van der Waals surface area contributed by atoms with Gasteiger partial charge in [0.2, 0.25) is 0 Å². The molecule has 0 saturated heterocycles. The lowest BCUT2D eigenvalue weighted by molar-refractivity contribution is -0.275. The van der Waals surface area contributed by atoms with E-state index in [-0.39, 0.29) is 31.8 Å². The molecule has 0 aromatic heterocycles. The van der Waals surface area contributed by atoms with Crippen LogP contribution >= 0.6 is 46.4 Å². The molecular formula is C24H14Cl4F4N2O3S. The molecule has 38 heavy (non-hydrogen) atoms. The van der Waals surface area contributed by atoms with Gasteiger partial charge in [-0.2, -0.15) is 13.2 Å². The van der Waals surface area contributed by atoms with Gasteiger partial charge < -0.3 is 4.84 Å². The van der Waals surface area contributed by atoms with Crippen LogP contribution in [0.3, 0.4) is 0 Å². The number of halogens is 8. The number of amides is 1. The molecule has 3 aromatic carbocycles. The molecule has 5 nitrogen and oxygen atoms in total. The first kappa shape index (κ1) is 28.6. The van der Waals surface area contributed by atoms with Gasteiger partial charge in [-0.3, -0.25) is 9.52 Å². The van der Waals surface area contributed by atoms with Crippen molar-refractivity contribution in [3.8, 4) is 0 Å². The number of hydrogen-bond acceptors (Lipinski definition) is 4. The fraction of sp³-hybridized carbons (Fsp3) is 0.167. The summed E-state index contributed by atoms with van der Waals surface area (Å²) >= 11 is 23.3. The van der Waals surface area contributed by atoms with Crippen LogP contribution in [-0.4, -0.2) is 22.0 Å². The van der Waals surface area contributed by atoms with Crippen molar-refractivity contribution in [2.24, 2.45) is 5.16 Å². The van der Waals surface area contributed by atoms with Gasteiger partial charge in [0.15, 0.2) is 16.8 Å². The molecule has 1 aliphatic rings. The Hall–Kier alpha value is -2.37. The molecule has 0 saturated carbocycles. The van der Waals surface area contributed by atoms with Crippen LogP contribution in [0.15, 0.2) is 58.6 Å². The zero-order valence-corrected chi connectivity index (χ0v) is 22.8. The van der Waals surface area contributed by atoms with Gasteiger partial charge in [0.05, 0.1) is 20.7 Å². The standard InChI is InChI=1S/C24H14Cl4F4N2O3S/c1-11-4-12(2-3-17(11)22(35)34-38(36)16-8-14(25)7-15(26)9-16)20-10-23(37-33-20,24(30,31)32)13-5-18(27)21(29)19(28)6-13/h2-9H,10H2,1H3,(H,34,35). The first-order valence-corrected chi connectivity index (χ1v) is 13.1. The minimum absolute atomic E-state index is 0.0777. The van der Waals surface area contributed by atoms with Crippen LogP contribution in [0.25, 0.3) is 0 Å². The minimum Gasteiger partial charge on any atom is -0.374 e. The monoisotopic (exact) mass is 626 g/mol. The molecule has 0 fully saturated rings. The van der Waals surface area contributed by atoms with Crippen LogP contribution in [0.5, 0.6) is 0 Å². The molecule has 3 aromatic rings. The Morgan fingerprint density at radius 3 is 2.18 bits per heavy atom. The second-order valence-electron chi connectivity index (χ2n) is 8.22. The average Bonchev–Trinajstić information content (AvgIpc) is 3.28. The number of hydrogen-bond donors (Lipinski definition) is 1. The van der Waals surface area contributed by atoms with E-state index in [4.69, 9.17) is 51.2 Å². The van der Waals surface area contributed by atoms with Crippen LogP contribution in [0.2, 0.25) is 20.1 Å². The lowest BCUT2D eigenvalue weighted by Gasteiger charge is -2.29. The van der Waals surface area contributed by atoms with E-state index in [0.29, 0.717) is 5.56 Å². The predicted octanol–water partition coefficient (Wildman–Crippen LogP) is 7.78. The van der Waals surface area contributed by atoms with E-state index < -0.39 is 56.5 Å². The van der Waals surface area contributed by atoms with Crippen molar-refractivity contribution < 1.29 is 31.4 Å². The molecule has 0 radical (unpaired) electrons. The number of benzene rings is 3. The third-order valence-electron chi connectivity index (χ3n) is 5.68. The highest BCUT2D eigenvalue weighted by Crippen LogP contribution is 2.50. The Morgan fingerprint density at radius 2 is 1.63 bits per heavy atom. The van der Waals surface area contributed by atoms with E-state index in [1.54, 1.807) is 6.92 Å². The fourth-order valence-corrected chi connectivity index (χ4v) is 5.79. The van der Waals surface area contributed by atoms with E-state index in [1.807, 2.05) is 0 Å². The summed E-state index contributed by atoms with van der Waals surface area (Å²) < 4.78 is 71.4. The molecule has 4 rings (SSSR count). The Morgan fingerprint density at radius 1 is 1.03 bits per heavy atom. The van der Waals surface area contributed by atoms with Crippen molar-refractivity contribution in [2.75, 3.05) is 0 Å². The highest BCUT2D eigenvalue weighted by Gasteiger charge is 2.62. The molecule has 2 atom stereocenters. The van der Waals surface area contributed by atoms with Crippen LogP contribution in [0.1, 0.15) is 33.5 Å². The van der Waals surface area contributed by atoms with Crippen molar-refractivity contribution in [3.63, 3.8) is 0 Å². The molecule has 0 bridgehead atoms. The summed E-state index contributed by atoms with van der Waals surface area (Å²) in [6.45, 7) is 1.55. The van der Waals surface area contributed by atoms with Crippen molar-refractivity contribution in [1.82, 2.24) is 4.72 Å². The van der Waals surface area contributed by atoms with Gasteiger partial charge >= 0.3 is 6.18 Å². The number of rotatable bonds is 5. The molecule has 14 heteroatoms. The summed E-state index contributed by atoms with van der Waals surface area (Å²) in [5, 5.41) is 2.91. The van der Waals surface area contributed by atoms with Crippen molar-refractivity contribution in [2.45, 2.75) is 30.0 Å². The van der Waals surface area contributed by atoms with Crippen molar-refractivity contribution in [3.05, 3.63) is 96.7 Å². The zero-order chi connectivity index (χ0) is 28.0. The first-order chi connectivity index (χ1) is 17.7. The Bertz CT molecular complexity index is 1470. The van der Waals surface area contributed by atoms with E-state index in [9.17, 15) is 26.6 Å². The summed E-state index contributed by atoms with van der Waals surface area (Å²) in [5.41, 5.74) is -2.83. The van der Waals surface area contributed by atoms with Crippen LogP contribution in [0, 0.1) is 12.7 Å². The molecule has 0 spiro atoms. The molecule has 200 valence electrons. The Balaban J connectivity index is 1.58. The molecule has 2 unspecified atom stereocenters. The lowest BCUT2D eigenvalue weighted by Crippen LogP contribution is -2.42. The van der Waals surface area contributed by atoms with Gasteiger partial charge in [-0.25, -0.2) is 8.60 Å². The van der Waals surface area contributed by atoms with Crippen molar-refractivity contribution >= 4 is 69.0 Å². The van der Waals surface area contributed by atoms with E-state index >= 15 is 0 Å². The molecule has 1 N–H and O–H groups in total. The second kappa shape index (κ2) is 10.7. The van der Waals surface area contributed by atoms with Crippen LogP contribution in [-0.2, 0) is 21.4 Å². The molecular weight excluding hydrogens is 614 g/mol. The maximum absolute atomic E-state index is 14.2. The van der Waals surface area contributed by atoms with Gasteiger partial charge in [-0.05, 0) is 60.5 Å². The van der Waals surface area contributed by atoms with Crippen LogP contribution < -0.4 is 4.72 Å². The van der Waals surface area contributed by atoms with Crippen molar-refractivity contribution in [1.29, 1.82) is 0 Å². The average molecular weight is 628 g/mol. The fourth-order valence-electron chi connectivity index (χ4n) is 3.78. The number of carbonyl (C=O) groups excluding carboxylic acids is 1. The summed E-state index contributed by atoms with van der Waals surface area (Å²) in [6.07, 6.45) is -5.73. The number of alkyl halides is 3. The number of carbonyl (C=O) groups is 1. The van der Waals surface area contributed by atoms with Crippen LogP contribution in [0.4, 0.5) is 17.6 Å². The first-order valence-electron chi connectivity index (χ1n) is 10.5. The highest BCUT2D eigenvalue weighted by molar-refractivity contribution is 7.83. The van der Waals surface area contributed by atoms with E-state index in [2.05, 4.69) is 9.88 Å². The summed E-state index contributed by atoms with van der Waals surface area (Å²) in [6, 6.07) is 9.95. The third-order valence-corrected chi connectivity index (χ3v) is 7.70. The van der Waals surface area contributed by atoms with Gasteiger partial charge in [-0.1, -0.05) is 57.6 Å². The van der Waals surface area contributed by atoms with Gasteiger partial charge in [-0.15, -0.1) is 0 Å². The second-order valence-corrected chi connectivity index (χ2v) is 11.1. The Labute approximate surface area is 236 Å². The minimum atomic E-state index is -4.97. The normalized spacial score (nSPS) is 18.1. The van der Waals surface area contributed by atoms with Gasteiger partial charge in [0.1, 0.15) is 0 Å². The van der Waals surface area contributed by atoms with Gasteiger partial charge in [0.25, 0.3) is 11.5 Å². The van der Waals surface area contributed by atoms with E-state index in [0.717, 1.165) is 12.1 Å². The quantitative estimate of drug-likeness (QED) is 0.232. The molecule has 1 amide bonds. The maximum atomic E-state index is 14.2. The maximum Gasteiger partial charge on any atom is 0.435 e. The summed E-state index contributed by atoms with van der Waals surface area (Å²) in [7, 11) is -1.98. The summed E-state index contributed by atoms with van der Waals surface area (Å²) in [4.78, 5) is 17.8. The predicted molar refractivity (Wildman–Crippen MR) is 138 cm³/mol.